The first-order valence-corrected chi connectivity index (χ1v) is 5.60. The van der Waals surface area contributed by atoms with Crippen molar-refractivity contribution < 1.29 is 14.2 Å². The molecule has 0 aliphatic heterocycles. The third kappa shape index (κ3) is 2.65. The van der Waals surface area contributed by atoms with Gasteiger partial charge in [0.05, 0.1) is 6.61 Å². The third-order valence-corrected chi connectivity index (χ3v) is 2.52. The maximum atomic E-state index is 13.8. The van der Waals surface area contributed by atoms with E-state index in [-0.39, 0.29) is 18.1 Å². The molecular formula is C14H14FNO2. The van der Waals surface area contributed by atoms with Gasteiger partial charge in [0.25, 0.3) is 5.88 Å². The molecule has 1 N–H and O–H groups in total. The molecule has 0 atom stereocenters. The minimum Gasteiger partial charge on any atom is -0.436 e. The first kappa shape index (κ1) is 12.5. The molecule has 0 unspecified atom stereocenters. The van der Waals surface area contributed by atoms with E-state index in [1.165, 1.54) is 12.3 Å². The van der Waals surface area contributed by atoms with Crippen LogP contribution in [0.5, 0.6) is 11.6 Å². The van der Waals surface area contributed by atoms with Crippen LogP contribution in [-0.2, 0) is 6.61 Å². The Kier molecular flexibility index (Phi) is 3.58. The molecule has 4 heteroatoms. The maximum Gasteiger partial charge on any atom is 0.256 e. The number of hydrogen-bond acceptors (Lipinski definition) is 3. The molecule has 0 fully saturated rings. The first-order valence-electron chi connectivity index (χ1n) is 5.60. The number of hydrogen-bond donors (Lipinski definition) is 1. The van der Waals surface area contributed by atoms with Crippen molar-refractivity contribution in [3.05, 3.63) is 53.0 Å². The van der Waals surface area contributed by atoms with E-state index in [9.17, 15) is 4.39 Å². The fourth-order valence-corrected chi connectivity index (χ4v) is 1.76. The lowest BCUT2D eigenvalue weighted by Gasteiger charge is -2.09. The molecule has 0 saturated heterocycles. The summed E-state index contributed by atoms with van der Waals surface area (Å²) >= 11 is 0. The third-order valence-electron chi connectivity index (χ3n) is 2.52. The van der Waals surface area contributed by atoms with Crippen molar-refractivity contribution in [1.82, 2.24) is 4.98 Å². The number of nitrogens with zero attached hydrogens (tertiary/aromatic N) is 1. The van der Waals surface area contributed by atoms with Gasteiger partial charge < -0.3 is 9.84 Å². The van der Waals surface area contributed by atoms with Crippen molar-refractivity contribution in [3.8, 4) is 11.6 Å². The van der Waals surface area contributed by atoms with Crippen LogP contribution in [0.15, 0.2) is 30.5 Å². The quantitative estimate of drug-likeness (QED) is 0.906. The standard InChI is InChI=1S/C14H14FNO2/c1-9-5-10(2)7-12(6-9)18-14-13(15)11(8-17)3-4-16-14/h3-7,17H,8H2,1-2H3. The Morgan fingerprint density at radius 2 is 1.89 bits per heavy atom. The minimum absolute atomic E-state index is 0.119. The Balaban J connectivity index is 2.34. The number of aromatic nitrogens is 1. The Bertz CT molecular complexity index is 549. The highest BCUT2D eigenvalue weighted by atomic mass is 19.1. The predicted octanol–water partition coefficient (Wildman–Crippen LogP) is 3.12. The summed E-state index contributed by atoms with van der Waals surface area (Å²) in [7, 11) is 0. The molecule has 0 amide bonds. The number of aliphatic hydroxyl groups is 1. The number of ether oxygens (including phenoxy) is 1. The van der Waals surface area contributed by atoms with Crippen LogP contribution < -0.4 is 4.74 Å². The normalized spacial score (nSPS) is 10.4. The van der Waals surface area contributed by atoms with Crippen molar-refractivity contribution in [3.63, 3.8) is 0 Å². The van der Waals surface area contributed by atoms with Gasteiger partial charge in [-0.15, -0.1) is 0 Å². The van der Waals surface area contributed by atoms with Crippen LogP contribution in [0.3, 0.4) is 0 Å². The monoisotopic (exact) mass is 247 g/mol. The summed E-state index contributed by atoms with van der Waals surface area (Å²) in [5, 5.41) is 8.97. The molecule has 1 aromatic carbocycles. The van der Waals surface area contributed by atoms with E-state index in [1.54, 1.807) is 12.1 Å². The molecule has 3 nitrogen and oxygen atoms in total. The summed E-state index contributed by atoms with van der Waals surface area (Å²) in [5.74, 6) is -0.209. The molecule has 18 heavy (non-hydrogen) atoms. The fraction of sp³-hybridized carbons (Fsp3) is 0.214. The number of halogens is 1. The number of aliphatic hydroxyl groups excluding tert-OH is 1. The van der Waals surface area contributed by atoms with E-state index in [2.05, 4.69) is 4.98 Å². The second kappa shape index (κ2) is 5.14. The highest BCUT2D eigenvalue weighted by Crippen LogP contribution is 2.25. The second-order valence-electron chi connectivity index (χ2n) is 4.17. The van der Waals surface area contributed by atoms with Crippen molar-refractivity contribution in [1.29, 1.82) is 0 Å². The van der Waals surface area contributed by atoms with Crippen LogP contribution in [-0.4, -0.2) is 10.1 Å². The van der Waals surface area contributed by atoms with E-state index in [0.29, 0.717) is 5.75 Å². The lowest BCUT2D eigenvalue weighted by Crippen LogP contribution is -1.97. The lowest BCUT2D eigenvalue weighted by molar-refractivity contribution is 0.273. The molecule has 1 heterocycles. The van der Waals surface area contributed by atoms with Gasteiger partial charge in [-0.1, -0.05) is 6.07 Å². The molecule has 2 aromatic rings. The van der Waals surface area contributed by atoms with E-state index >= 15 is 0 Å². The SMILES string of the molecule is Cc1cc(C)cc(Oc2nccc(CO)c2F)c1. The molecule has 0 bridgehead atoms. The summed E-state index contributed by atoms with van der Waals surface area (Å²) in [6.07, 6.45) is 1.41. The Morgan fingerprint density at radius 3 is 2.50 bits per heavy atom. The number of aryl methyl sites for hydroxylation is 2. The van der Waals surface area contributed by atoms with Crippen molar-refractivity contribution in [2.24, 2.45) is 0 Å². The average molecular weight is 247 g/mol. The van der Waals surface area contributed by atoms with Gasteiger partial charge in [0.15, 0.2) is 5.82 Å². The number of benzene rings is 1. The summed E-state index contributed by atoms with van der Waals surface area (Å²) in [5.41, 5.74) is 2.23. The van der Waals surface area contributed by atoms with Crippen LogP contribution in [0.25, 0.3) is 0 Å². The lowest BCUT2D eigenvalue weighted by atomic mass is 10.1. The largest absolute Gasteiger partial charge is 0.436 e. The number of pyridine rings is 1. The summed E-state index contributed by atoms with van der Waals surface area (Å²) in [6.45, 7) is 3.50. The molecule has 0 aliphatic carbocycles. The number of rotatable bonds is 3. The van der Waals surface area contributed by atoms with Gasteiger partial charge in [0.2, 0.25) is 0 Å². The van der Waals surface area contributed by atoms with Crippen LogP contribution in [0.4, 0.5) is 4.39 Å². The molecule has 0 aliphatic rings. The van der Waals surface area contributed by atoms with Crippen LogP contribution in [0.1, 0.15) is 16.7 Å². The van der Waals surface area contributed by atoms with Crippen molar-refractivity contribution in [2.45, 2.75) is 20.5 Å². The molecule has 0 saturated carbocycles. The predicted molar refractivity (Wildman–Crippen MR) is 66.1 cm³/mol. The van der Waals surface area contributed by atoms with E-state index in [0.717, 1.165) is 11.1 Å². The Labute approximate surface area is 105 Å². The topological polar surface area (TPSA) is 42.4 Å². The Morgan fingerprint density at radius 1 is 1.22 bits per heavy atom. The zero-order valence-corrected chi connectivity index (χ0v) is 10.3. The second-order valence-corrected chi connectivity index (χ2v) is 4.17. The van der Waals surface area contributed by atoms with E-state index in [4.69, 9.17) is 9.84 Å². The van der Waals surface area contributed by atoms with Crippen molar-refractivity contribution in [2.75, 3.05) is 0 Å². The molecule has 0 radical (unpaired) electrons. The molecule has 1 aromatic heterocycles. The fourth-order valence-electron chi connectivity index (χ4n) is 1.76. The van der Waals surface area contributed by atoms with Crippen molar-refractivity contribution >= 4 is 0 Å². The molecule has 2 rings (SSSR count). The molecule has 0 spiro atoms. The highest BCUT2D eigenvalue weighted by molar-refractivity contribution is 5.36. The van der Waals surface area contributed by atoms with E-state index < -0.39 is 5.82 Å². The van der Waals surface area contributed by atoms with Gasteiger partial charge >= 0.3 is 0 Å². The molecule has 94 valence electrons. The zero-order valence-electron chi connectivity index (χ0n) is 10.3. The van der Waals surface area contributed by atoms with Crippen LogP contribution in [0.2, 0.25) is 0 Å². The van der Waals surface area contributed by atoms with Gasteiger partial charge in [-0.25, -0.2) is 9.37 Å². The van der Waals surface area contributed by atoms with Gasteiger partial charge in [-0.05, 0) is 43.2 Å². The summed E-state index contributed by atoms with van der Waals surface area (Å²) in [6, 6.07) is 7.03. The van der Waals surface area contributed by atoms with Gasteiger partial charge in [0.1, 0.15) is 5.75 Å². The highest BCUT2D eigenvalue weighted by Gasteiger charge is 2.11. The smallest absolute Gasteiger partial charge is 0.256 e. The maximum absolute atomic E-state index is 13.8. The van der Waals surface area contributed by atoms with E-state index in [1.807, 2.05) is 19.9 Å². The Hall–Kier alpha value is -1.94. The van der Waals surface area contributed by atoms with Gasteiger partial charge in [0, 0.05) is 11.8 Å². The van der Waals surface area contributed by atoms with Crippen LogP contribution >= 0.6 is 0 Å². The van der Waals surface area contributed by atoms with Gasteiger partial charge in [-0.3, -0.25) is 0 Å². The first-order chi connectivity index (χ1) is 8.60. The van der Waals surface area contributed by atoms with Gasteiger partial charge in [-0.2, -0.15) is 0 Å². The average Bonchev–Trinajstić information content (AvgIpc) is 2.30. The minimum atomic E-state index is -0.626. The molecular weight excluding hydrogens is 233 g/mol. The van der Waals surface area contributed by atoms with Crippen LogP contribution in [0, 0.1) is 19.7 Å². The zero-order chi connectivity index (χ0) is 13.1. The summed E-state index contributed by atoms with van der Waals surface area (Å²) < 4.78 is 19.2. The summed E-state index contributed by atoms with van der Waals surface area (Å²) in [4.78, 5) is 3.83.